The predicted octanol–water partition coefficient (Wildman–Crippen LogP) is 2.41. The molecule has 1 aromatic carbocycles. The van der Waals surface area contributed by atoms with Gasteiger partial charge in [0.15, 0.2) is 9.84 Å². The lowest BCUT2D eigenvalue weighted by Crippen LogP contribution is -2.26. The highest BCUT2D eigenvalue weighted by molar-refractivity contribution is 7.92. The second-order valence-electron chi connectivity index (χ2n) is 7.17. The summed E-state index contributed by atoms with van der Waals surface area (Å²) in [7, 11) is -3.37. The largest absolute Gasteiger partial charge is 0.480 e. The lowest BCUT2D eigenvalue weighted by atomic mass is 9.92. The number of benzene rings is 1. The molecule has 2 heterocycles. The highest BCUT2D eigenvalue weighted by atomic mass is 32.2. The van der Waals surface area contributed by atoms with Crippen molar-refractivity contribution in [2.24, 2.45) is 5.92 Å². The molecule has 1 atom stereocenters. The molecule has 0 radical (unpaired) electrons. The summed E-state index contributed by atoms with van der Waals surface area (Å²) >= 11 is 0. The number of carbonyl (C=O) groups is 1. The first kappa shape index (κ1) is 17.5. The Bertz CT molecular complexity index is 926. The first-order chi connectivity index (χ1) is 12.5. The molecule has 0 amide bonds. The van der Waals surface area contributed by atoms with Crippen molar-refractivity contribution in [3.8, 4) is 0 Å². The Morgan fingerprint density at radius 2 is 2.00 bits per heavy atom. The van der Waals surface area contributed by atoms with Crippen LogP contribution < -0.4 is 0 Å². The maximum atomic E-state index is 12.7. The van der Waals surface area contributed by atoms with Crippen molar-refractivity contribution in [2.45, 2.75) is 48.3 Å². The van der Waals surface area contributed by atoms with Gasteiger partial charge in [-0.1, -0.05) is 6.07 Å². The highest BCUT2D eigenvalue weighted by Gasteiger charge is 2.38. The van der Waals surface area contributed by atoms with E-state index in [1.807, 2.05) is 0 Å². The zero-order chi connectivity index (χ0) is 18.3. The third-order valence-electron chi connectivity index (χ3n) is 5.35. The fourth-order valence-electron chi connectivity index (χ4n) is 3.70. The molecule has 140 valence electrons. The number of aliphatic carboxylic acids is 1. The van der Waals surface area contributed by atoms with E-state index in [0.717, 1.165) is 12.8 Å². The van der Waals surface area contributed by atoms with Gasteiger partial charge < -0.3 is 9.84 Å². The Morgan fingerprint density at radius 1 is 1.27 bits per heavy atom. The van der Waals surface area contributed by atoms with Gasteiger partial charge in [-0.3, -0.25) is 4.68 Å². The summed E-state index contributed by atoms with van der Waals surface area (Å²) in [5.74, 6) is -0.681. The zero-order valence-corrected chi connectivity index (χ0v) is 15.2. The van der Waals surface area contributed by atoms with Crippen LogP contribution in [-0.4, -0.2) is 47.7 Å². The molecule has 1 saturated heterocycles. The second kappa shape index (κ2) is 6.66. The van der Waals surface area contributed by atoms with Gasteiger partial charge in [-0.15, -0.1) is 0 Å². The van der Waals surface area contributed by atoms with Crippen LogP contribution in [0.2, 0.25) is 0 Å². The number of nitrogens with zero attached hydrogens (tertiary/aromatic N) is 2. The molecule has 7 nitrogen and oxygen atoms in total. The number of hydrogen-bond donors (Lipinski definition) is 1. The Kier molecular flexibility index (Phi) is 4.48. The average molecular weight is 378 g/mol. The van der Waals surface area contributed by atoms with E-state index >= 15 is 0 Å². The standard InChI is InChI=1S/C18H22N2O5S/c21-18(22)16(10-12-6-8-25-9-7-12)20-15-2-1-3-17(14(15)11-19-20)26(23,24)13-4-5-13/h1-3,11-13,16H,4-10H2,(H,21,22). The molecule has 4 rings (SSSR count). The van der Waals surface area contributed by atoms with E-state index in [1.54, 1.807) is 18.2 Å². The number of carboxylic acid groups (broad SMARTS) is 1. The topological polar surface area (TPSA) is 98.5 Å². The van der Waals surface area contributed by atoms with Crippen LogP contribution in [0.25, 0.3) is 10.9 Å². The smallest absolute Gasteiger partial charge is 0.328 e. The van der Waals surface area contributed by atoms with Crippen LogP contribution >= 0.6 is 0 Å². The van der Waals surface area contributed by atoms with Gasteiger partial charge in [0.25, 0.3) is 0 Å². The Labute approximate surface area is 151 Å². The molecule has 26 heavy (non-hydrogen) atoms. The van der Waals surface area contributed by atoms with Crippen molar-refractivity contribution in [3.63, 3.8) is 0 Å². The van der Waals surface area contributed by atoms with Gasteiger partial charge >= 0.3 is 5.97 Å². The van der Waals surface area contributed by atoms with Crippen LogP contribution in [0.15, 0.2) is 29.3 Å². The number of aromatic nitrogens is 2. The van der Waals surface area contributed by atoms with Crippen molar-refractivity contribution >= 4 is 26.7 Å². The van der Waals surface area contributed by atoms with E-state index in [4.69, 9.17) is 4.74 Å². The number of rotatable bonds is 6. The van der Waals surface area contributed by atoms with E-state index in [0.29, 0.717) is 43.4 Å². The van der Waals surface area contributed by atoms with Crippen molar-refractivity contribution in [3.05, 3.63) is 24.4 Å². The quantitative estimate of drug-likeness (QED) is 0.829. The molecule has 1 saturated carbocycles. The lowest BCUT2D eigenvalue weighted by molar-refractivity contribution is -0.142. The normalized spacial score (nSPS) is 20.3. The van der Waals surface area contributed by atoms with Crippen LogP contribution in [0.3, 0.4) is 0 Å². The number of hydrogen-bond acceptors (Lipinski definition) is 5. The minimum Gasteiger partial charge on any atom is -0.480 e. The predicted molar refractivity (Wildman–Crippen MR) is 94.8 cm³/mol. The molecule has 1 aromatic heterocycles. The van der Waals surface area contributed by atoms with Gasteiger partial charge in [0.05, 0.1) is 21.9 Å². The number of ether oxygens (including phenoxy) is 1. The van der Waals surface area contributed by atoms with Crippen molar-refractivity contribution in [2.75, 3.05) is 13.2 Å². The number of fused-ring (bicyclic) bond motifs is 1. The average Bonchev–Trinajstić information content (AvgIpc) is 3.41. The van der Waals surface area contributed by atoms with E-state index < -0.39 is 21.8 Å². The minimum absolute atomic E-state index is 0.263. The molecule has 0 spiro atoms. The van der Waals surface area contributed by atoms with Gasteiger partial charge in [0, 0.05) is 18.6 Å². The van der Waals surface area contributed by atoms with Crippen molar-refractivity contribution < 1.29 is 23.1 Å². The Morgan fingerprint density at radius 3 is 2.65 bits per heavy atom. The monoisotopic (exact) mass is 378 g/mol. The molecular weight excluding hydrogens is 356 g/mol. The SMILES string of the molecule is O=C(O)C(CC1CCOCC1)n1ncc2c(S(=O)(=O)C3CC3)cccc21. The third kappa shape index (κ3) is 3.12. The second-order valence-corrected chi connectivity index (χ2v) is 9.36. The van der Waals surface area contributed by atoms with Gasteiger partial charge in [-0.2, -0.15) is 5.10 Å². The molecular formula is C18H22N2O5S. The first-order valence-corrected chi connectivity index (χ1v) is 10.5. The van der Waals surface area contributed by atoms with E-state index in [-0.39, 0.29) is 16.1 Å². The van der Waals surface area contributed by atoms with Gasteiger partial charge in [0.1, 0.15) is 6.04 Å². The van der Waals surface area contributed by atoms with E-state index in [1.165, 1.54) is 10.9 Å². The van der Waals surface area contributed by atoms with Crippen LogP contribution in [0.5, 0.6) is 0 Å². The molecule has 8 heteroatoms. The molecule has 1 unspecified atom stereocenters. The molecule has 2 fully saturated rings. The summed E-state index contributed by atoms with van der Waals surface area (Å²) in [6.45, 7) is 1.31. The molecule has 0 bridgehead atoms. The Balaban J connectivity index is 1.72. The first-order valence-electron chi connectivity index (χ1n) is 8.99. The van der Waals surface area contributed by atoms with Gasteiger partial charge in [-0.05, 0) is 50.2 Å². The molecule has 2 aliphatic rings. The highest BCUT2D eigenvalue weighted by Crippen LogP contribution is 2.37. The van der Waals surface area contributed by atoms with Gasteiger partial charge in [0.2, 0.25) is 0 Å². The number of carboxylic acids is 1. The molecule has 1 aliphatic carbocycles. The fraction of sp³-hybridized carbons (Fsp3) is 0.556. The molecule has 1 aliphatic heterocycles. The third-order valence-corrected chi connectivity index (χ3v) is 7.67. The number of sulfone groups is 1. The van der Waals surface area contributed by atoms with Crippen molar-refractivity contribution in [1.82, 2.24) is 9.78 Å². The summed E-state index contributed by atoms with van der Waals surface area (Å²) in [6, 6.07) is 4.20. The fourth-order valence-corrected chi connectivity index (χ4v) is 5.55. The van der Waals surface area contributed by atoms with E-state index in [9.17, 15) is 18.3 Å². The summed E-state index contributed by atoms with van der Waals surface area (Å²) in [4.78, 5) is 12.2. The maximum absolute atomic E-state index is 12.7. The zero-order valence-electron chi connectivity index (χ0n) is 14.4. The summed E-state index contributed by atoms with van der Waals surface area (Å²) in [6.07, 6.45) is 5.01. The molecule has 2 aromatic rings. The van der Waals surface area contributed by atoms with Crippen LogP contribution in [-0.2, 0) is 19.4 Å². The Hall–Kier alpha value is -1.93. The minimum atomic E-state index is -3.37. The van der Waals surface area contributed by atoms with Gasteiger partial charge in [-0.25, -0.2) is 13.2 Å². The summed E-state index contributed by atoms with van der Waals surface area (Å²) in [5.41, 5.74) is 0.561. The van der Waals surface area contributed by atoms with E-state index in [2.05, 4.69) is 5.10 Å². The molecule has 1 N–H and O–H groups in total. The lowest BCUT2D eigenvalue weighted by Gasteiger charge is -2.25. The van der Waals surface area contributed by atoms with Crippen LogP contribution in [0, 0.1) is 5.92 Å². The summed E-state index contributed by atoms with van der Waals surface area (Å²) < 4.78 is 32.2. The van der Waals surface area contributed by atoms with Crippen LogP contribution in [0.4, 0.5) is 0 Å². The van der Waals surface area contributed by atoms with Crippen LogP contribution in [0.1, 0.15) is 38.1 Å². The summed E-state index contributed by atoms with van der Waals surface area (Å²) in [5, 5.41) is 14.2. The van der Waals surface area contributed by atoms with Crippen molar-refractivity contribution in [1.29, 1.82) is 0 Å². The maximum Gasteiger partial charge on any atom is 0.328 e.